The Bertz CT molecular complexity index is 373. The van der Waals surface area contributed by atoms with E-state index in [0.29, 0.717) is 12.6 Å². The summed E-state index contributed by atoms with van der Waals surface area (Å²) in [5, 5.41) is 3.58. The van der Waals surface area contributed by atoms with Crippen LogP contribution >= 0.6 is 0 Å². The highest BCUT2D eigenvalue weighted by molar-refractivity contribution is 5.32. The Morgan fingerprint density at radius 1 is 1.16 bits per heavy atom. The van der Waals surface area contributed by atoms with Crippen molar-refractivity contribution in [3.63, 3.8) is 0 Å². The fourth-order valence-electron chi connectivity index (χ4n) is 2.59. The standard InChI is InChI=1S/C16H25NO2/c1-13-6-8-14(9-7-13)17-10-11-19-16-5-3-4-15(12-16)18-2/h3-5,12-14,17H,6-11H2,1-2H3. The van der Waals surface area contributed by atoms with Gasteiger partial charge in [0.05, 0.1) is 7.11 Å². The number of benzene rings is 1. The molecule has 0 amide bonds. The Morgan fingerprint density at radius 2 is 1.89 bits per heavy atom. The van der Waals surface area contributed by atoms with Crippen LogP contribution in [0.1, 0.15) is 32.6 Å². The lowest BCUT2D eigenvalue weighted by atomic mass is 9.87. The molecule has 0 atom stereocenters. The molecule has 0 heterocycles. The van der Waals surface area contributed by atoms with Crippen LogP contribution in [0.2, 0.25) is 0 Å². The van der Waals surface area contributed by atoms with Crippen LogP contribution in [0.5, 0.6) is 11.5 Å². The average molecular weight is 263 g/mol. The van der Waals surface area contributed by atoms with Gasteiger partial charge in [-0.1, -0.05) is 13.0 Å². The van der Waals surface area contributed by atoms with Crippen LogP contribution in [-0.4, -0.2) is 26.3 Å². The first-order valence-electron chi connectivity index (χ1n) is 7.28. The van der Waals surface area contributed by atoms with Gasteiger partial charge in [0.15, 0.2) is 0 Å². The van der Waals surface area contributed by atoms with Crippen molar-refractivity contribution in [3.05, 3.63) is 24.3 Å². The van der Waals surface area contributed by atoms with Gasteiger partial charge in [-0.3, -0.25) is 0 Å². The third kappa shape index (κ3) is 4.75. The van der Waals surface area contributed by atoms with Crippen LogP contribution in [0.25, 0.3) is 0 Å². The first kappa shape index (κ1) is 14.2. The Hall–Kier alpha value is -1.22. The number of nitrogens with one attached hydrogen (secondary N) is 1. The maximum Gasteiger partial charge on any atom is 0.123 e. The van der Waals surface area contributed by atoms with E-state index in [2.05, 4.69) is 12.2 Å². The summed E-state index contributed by atoms with van der Waals surface area (Å²) in [6.07, 6.45) is 5.32. The van der Waals surface area contributed by atoms with Gasteiger partial charge in [-0.05, 0) is 43.7 Å². The molecule has 1 saturated carbocycles. The average Bonchev–Trinajstić information content (AvgIpc) is 2.46. The highest BCUT2D eigenvalue weighted by Gasteiger charge is 2.17. The molecule has 0 aromatic heterocycles. The Kier molecular flexibility index (Phi) is 5.52. The van der Waals surface area contributed by atoms with Crippen LogP contribution in [0.4, 0.5) is 0 Å². The molecular weight excluding hydrogens is 238 g/mol. The van der Waals surface area contributed by atoms with Crippen molar-refractivity contribution < 1.29 is 9.47 Å². The molecule has 1 aromatic rings. The second kappa shape index (κ2) is 7.39. The van der Waals surface area contributed by atoms with Crippen molar-refractivity contribution in [3.8, 4) is 11.5 Å². The summed E-state index contributed by atoms with van der Waals surface area (Å²) in [5.74, 6) is 2.62. The molecule has 0 unspecified atom stereocenters. The van der Waals surface area contributed by atoms with Gasteiger partial charge >= 0.3 is 0 Å². The molecule has 0 radical (unpaired) electrons. The quantitative estimate of drug-likeness (QED) is 0.799. The summed E-state index contributed by atoms with van der Waals surface area (Å²) >= 11 is 0. The monoisotopic (exact) mass is 263 g/mol. The van der Waals surface area contributed by atoms with Crippen molar-refractivity contribution in [1.29, 1.82) is 0 Å². The summed E-state index contributed by atoms with van der Waals surface area (Å²) in [4.78, 5) is 0. The van der Waals surface area contributed by atoms with Crippen LogP contribution < -0.4 is 14.8 Å². The third-order valence-electron chi connectivity index (χ3n) is 3.86. The van der Waals surface area contributed by atoms with E-state index in [4.69, 9.17) is 9.47 Å². The van der Waals surface area contributed by atoms with Gasteiger partial charge in [0.2, 0.25) is 0 Å². The molecule has 1 aromatic carbocycles. The van der Waals surface area contributed by atoms with Crippen LogP contribution in [0, 0.1) is 5.92 Å². The van der Waals surface area contributed by atoms with Crippen molar-refractivity contribution >= 4 is 0 Å². The van der Waals surface area contributed by atoms with Crippen LogP contribution in [0.15, 0.2) is 24.3 Å². The summed E-state index contributed by atoms with van der Waals surface area (Å²) in [7, 11) is 1.67. The van der Waals surface area contributed by atoms with Gasteiger partial charge in [0, 0.05) is 18.7 Å². The molecule has 1 fully saturated rings. The van der Waals surface area contributed by atoms with Crippen LogP contribution in [0.3, 0.4) is 0 Å². The number of hydrogen-bond donors (Lipinski definition) is 1. The lowest BCUT2D eigenvalue weighted by Gasteiger charge is -2.27. The highest BCUT2D eigenvalue weighted by atomic mass is 16.5. The number of ether oxygens (including phenoxy) is 2. The number of methoxy groups -OCH3 is 1. The van der Waals surface area contributed by atoms with E-state index in [-0.39, 0.29) is 0 Å². The lowest BCUT2D eigenvalue weighted by Crippen LogP contribution is -2.35. The second-order valence-electron chi connectivity index (χ2n) is 5.44. The minimum atomic E-state index is 0.685. The normalized spacial score (nSPS) is 23.1. The van der Waals surface area contributed by atoms with Crippen LogP contribution in [-0.2, 0) is 0 Å². The summed E-state index contributed by atoms with van der Waals surface area (Å²) in [6.45, 7) is 3.97. The third-order valence-corrected chi connectivity index (χ3v) is 3.86. The predicted molar refractivity (Wildman–Crippen MR) is 77.9 cm³/mol. The molecule has 1 aliphatic carbocycles. The van der Waals surface area contributed by atoms with E-state index in [1.807, 2.05) is 24.3 Å². The fraction of sp³-hybridized carbons (Fsp3) is 0.625. The molecule has 106 valence electrons. The lowest BCUT2D eigenvalue weighted by molar-refractivity contribution is 0.269. The minimum Gasteiger partial charge on any atom is -0.497 e. The van der Waals surface area contributed by atoms with Gasteiger partial charge in [-0.25, -0.2) is 0 Å². The highest BCUT2D eigenvalue weighted by Crippen LogP contribution is 2.23. The predicted octanol–water partition coefficient (Wildman–Crippen LogP) is 3.24. The summed E-state index contributed by atoms with van der Waals surface area (Å²) in [6, 6.07) is 8.44. The first-order chi connectivity index (χ1) is 9.28. The van der Waals surface area contributed by atoms with Gasteiger partial charge < -0.3 is 14.8 Å². The topological polar surface area (TPSA) is 30.5 Å². The molecule has 0 spiro atoms. The second-order valence-corrected chi connectivity index (χ2v) is 5.44. The smallest absolute Gasteiger partial charge is 0.123 e. The molecule has 3 heteroatoms. The van der Waals surface area contributed by atoms with Gasteiger partial charge in [0.1, 0.15) is 18.1 Å². The molecule has 2 rings (SSSR count). The molecule has 0 bridgehead atoms. The maximum absolute atomic E-state index is 5.72. The molecule has 0 aliphatic heterocycles. The van der Waals surface area contributed by atoms with E-state index in [1.54, 1.807) is 7.11 Å². The molecule has 1 aliphatic rings. The van der Waals surface area contributed by atoms with E-state index in [0.717, 1.165) is 24.0 Å². The first-order valence-corrected chi connectivity index (χ1v) is 7.28. The Balaban J connectivity index is 1.63. The van der Waals surface area contributed by atoms with Crippen molar-refractivity contribution in [1.82, 2.24) is 5.32 Å². The van der Waals surface area contributed by atoms with E-state index < -0.39 is 0 Å². The molecule has 19 heavy (non-hydrogen) atoms. The largest absolute Gasteiger partial charge is 0.497 e. The summed E-state index contributed by atoms with van der Waals surface area (Å²) in [5.41, 5.74) is 0. The van der Waals surface area contributed by atoms with E-state index >= 15 is 0 Å². The Labute approximate surface area is 116 Å². The SMILES string of the molecule is COc1cccc(OCCNC2CCC(C)CC2)c1. The summed E-state index contributed by atoms with van der Waals surface area (Å²) < 4.78 is 10.9. The minimum absolute atomic E-state index is 0.685. The van der Waals surface area contributed by atoms with Crippen molar-refractivity contribution in [2.75, 3.05) is 20.3 Å². The molecular formula is C16H25NO2. The number of rotatable bonds is 6. The molecule has 0 saturated heterocycles. The van der Waals surface area contributed by atoms with Crippen molar-refractivity contribution in [2.45, 2.75) is 38.6 Å². The molecule has 3 nitrogen and oxygen atoms in total. The fourth-order valence-corrected chi connectivity index (χ4v) is 2.59. The van der Waals surface area contributed by atoms with Gasteiger partial charge in [-0.2, -0.15) is 0 Å². The zero-order valence-corrected chi connectivity index (χ0v) is 12.0. The van der Waals surface area contributed by atoms with Gasteiger partial charge in [0.25, 0.3) is 0 Å². The molecule has 1 N–H and O–H groups in total. The van der Waals surface area contributed by atoms with E-state index in [1.165, 1.54) is 25.7 Å². The number of hydrogen-bond acceptors (Lipinski definition) is 3. The van der Waals surface area contributed by atoms with Gasteiger partial charge in [-0.15, -0.1) is 0 Å². The zero-order chi connectivity index (χ0) is 13.5. The van der Waals surface area contributed by atoms with E-state index in [9.17, 15) is 0 Å². The Morgan fingerprint density at radius 3 is 2.63 bits per heavy atom. The van der Waals surface area contributed by atoms with Crippen molar-refractivity contribution in [2.24, 2.45) is 5.92 Å². The zero-order valence-electron chi connectivity index (χ0n) is 12.0. The maximum atomic E-state index is 5.72.